The van der Waals surface area contributed by atoms with E-state index in [1.165, 1.54) is 0 Å². The van der Waals surface area contributed by atoms with E-state index in [-0.39, 0.29) is 6.17 Å². The van der Waals surface area contributed by atoms with Crippen LogP contribution in [0.2, 0.25) is 0 Å². The molecular weight excluding hydrogens is 102 g/mol. The molecule has 1 unspecified atom stereocenters. The molecule has 0 spiro atoms. The summed E-state index contributed by atoms with van der Waals surface area (Å²) in [6.45, 7) is 0. The first-order valence-electron chi connectivity index (χ1n) is 2.58. The number of hydrogen-bond acceptors (Lipinski definition) is 3. The zero-order chi connectivity index (χ0) is 5.82. The van der Waals surface area contributed by atoms with Crippen molar-refractivity contribution in [3.05, 3.63) is 12.2 Å². The second-order valence-corrected chi connectivity index (χ2v) is 1.61. The Morgan fingerprint density at radius 2 is 2.62 bits per heavy atom. The monoisotopic (exact) mass is 111 g/mol. The largest absolute Gasteiger partial charge is 0.273 e. The van der Waals surface area contributed by atoms with Gasteiger partial charge in [-0.2, -0.15) is 0 Å². The summed E-state index contributed by atoms with van der Waals surface area (Å²) < 4.78 is 0. The van der Waals surface area contributed by atoms with E-state index in [4.69, 9.17) is 5.84 Å². The number of rotatable bonds is 1. The number of aliphatic imine (C=N–C) groups is 1. The fourth-order valence-electron chi connectivity index (χ4n) is 0.591. The second kappa shape index (κ2) is 2.59. The van der Waals surface area contributed by atoms with Crippen molar-refractivity contribution in [3.63, 3.8) is 0 Å². The number of nitrogens with zero attached hydrogens (tertiary/aromatic N) is 1. The van der Waals surface area contributed by atoms with Gasteiger partial charge in [-0.25, -0.2) is 5.43 Å². The van der Waals surface area contributed by atoms with Crippen LogP contribution in [0.5, 0.6) is 0 Å². The van der Waals surface area contributed by atoms with Crippen LogP contribution in [0.25, 0.3) is 0 Å². The van der Waals surface area contributed by atoms with Crippen molar-refractivity contribution in [2.45, 2.75) is 12.6 Å². The standard InChI is InChI=1S/C5H9N3/c6-8-5-3-1-2-4-7-5/h1,3-5,8H,2,6H2. The Balaban J connectivity index is 2.42. The van der Waals surface area contributed by atoms with Crippen LogP contribution in [0, 0.1) is 0 Å². The van der Waals surface area contributed by atoms with Crippen LogP contribution < -0.4 is 11.3 Å². The third-order valence-corrected chi connectivity index (χ3v) is 0.997. The first kappa shape index (κ1) is 5.47. The molecule has 1 aliphatic rings. The SMILES string of the molecule is NNC1C=CCC=N1. The molecule has 8 heavy (non-hydrogen) atoms. The van der Waals surface area contributed by atoms with Gasteiger partial charge in [-0.1, -0.05) is 6.08 Å². The van der Waals surface area contributed by atoms with Gasteiger partial charge in [-0.3, -0.25) is 10.8 Å². The van der Waals surface area contributed by atoms with E-state index in [2.05, 4.69) is 10.4 Å². The maximum absolute atomic E-state index is 5.09. The molecule has 0 saturated carbocycles. The summed E-state index contributed by atoms with van der Waals surface area (Å²) in [5.74, 6) is 5.09. The Bertz CT molecular complexity index is 105. The normalized spacial score (nSPS) is 26.4. The van der Waals surface area contributed by atoms with Gasteiger partial charge in [0.25, 0.3) is 0 Å². The third-order valence-electron chi connectivity index (χ3n) is 0.997. The van der Waals surface area contributed by atoms with Crippen molar-refractivity contribution >= 4 is 6.21 Å². The number of nitrogens with one attached hydrogen (secondary N) is 1. The van der Waals surface area contributed by atoms with Crippen molar-refractivity contribution < 1.29 is 0 Å². The molecule has 1 aliphatic heterocycles. The number of dihydropyridines is 1. The highest BCUT2D eigenvalue weighted by Crippen LogP contribution is 1.94. The summed E-state index contributed by atoms with van der Waals surface area (Å²) in [4.78, 5) is 4.00. The molecule has 3 heteroatoms. The van der Waals surface area contributed by atoms with Gasteiger partial charge in [0, 0.05) is 12.6 Å². The number of hydrazine groups is 1. The van der Waals surface area contributed by atoms with Crippen molar-refractivity contribution in [2.75, 3.05) is 0 Å². The fourth-order valence-corrected chi connectivity index (χ4v) is 0.591. The average molecular weight is 111 g/mol. The summed E-state index contributed by atoms with van der Waals surface area (Å²) in [7, 11) is 0. The predicted octanol–water partition coefficient (Wildman–Crippen LogP) is -0.194. The minimum atomic E-state index is 0.00347. The highest BCUT2D eigenvalue weighted by Gasteiger charge is 1.96. The van der Waals surface area contributed by atoms with E-state index in [1.54, 1.807) is 0 Å². The molecule has 3 nitrogen and oxygen atoms in total. The molecule has 0 aromatic carbocycles. The summed E-state index contributed by atoms with van der Waals surface area (Å²) in [6.07, 6.45) is 6.73. The highest BCUT2D eigenvalue weighted by molar-refractivity contribution is 5.61. The van der Waals surface area contributed by atoms with Gasteiger partial charge >= 0.3 is 0 Å². The molecule has 0 aromatic rings. The highest BCUT2D eigenvalue weighted by atomic mass is 15.3. The Morgan fingerprint density at radius 3 is 3.00 bits per heavy atom. The second-order valence-electron chi connectivity index (χ2n) is 1.61. The fraction of sp³-hybridized carbons (Fsp3) is 0.400. The maximum atomic E-state index is 5.09. The van der Waals surface area contributed by atoms with Gasteiger partial charge in [-0.05, 0) is 6.08 Å². The van der Waals surface area contributed by atoms with Gasteiger partial charge in [0.15, 0.2) is 0 Å². The van der Waals surface area contributed by atoms with Crippen molar-refractivity contribution in [1.29, 1.82) is 0 Å². The third kappa shape index (κ3) is 1.15. The van der Waals surface area contributed by atoms with E-state index in [1.807, 2.05) is 18.4 Å². The van der Waals surface area contributed by atoms with E-state index < -0.39 is 0 Å². The first-order chi connectivity index (χ1) is 3.93. The number of nitrogens with two attached hydrogens (primary N) is 1. The molecule has 3 N–H and O–H groups in total. The van der Waals surface area contributed by atoms with Crippen LogP contribution in [-0.2, 0) is 0 Å². The molecule has 1 rings (SSSR count). The molecular formula is C5H9N3. The van der Waals surface area contributed by atoms with Crippen LogP contribution in [0.4, 0.5) is 0 Å². The van der Waals surface area contributed by atoms with Crippen LogP contribution in [0.3, 0.4) is 0 Å². The van der Waals surface area contributed by atoms with Crippen molar-refractivity contribution in [3.8, 4) is 0 Å². The summed E-state index contributed by atoms with van der Waals surface area (Å²) >= 11 is 0. The number of allylic oxidation sites excluding steroid dienone is 1. The Kier molecular flexibility index (Phi) is 1.77. The minimum Gasteiger partial charge on any atom is -0.273 e. The smallest absolute Gasteiger partial charge is 0.130 e. The molecule has 1 atom stereocenters. The molecule has 0 radical (unpaired) electrons. The Labute approximate surface area is 48.3 Å². The summed E-state index contributed by atoms with van der Waals surface area (Å²) in [6, 6.07) is 0. The Morgan fingerprint density at radius 1 is 1.75 bits per heavy atom. The summed E-state index contributed by atoms with van der Waals surface area (Å²) in [5.41, 5.74) is 2.52. The van der Waals surface area contributed by atoms with Crippen LogP contribution in [0.1, 0.15) is 6.42 Å². The predicted molar refractivity (Wildman–Crippen MR) is 33.4 cm³/mol. The molecule has 1 heterocycles. The van der Waals surface area contributed by atoms with Gasteiger partial charge in [0.2, 0.25) is 0 Å². The molecule has 44 valence electrons. The lowest BCUT2D eigenvalue weighted by molar-refractivity contribution is 0.642. The molecule has 0 bridgehead atoms. The van der Waals surface area contributed by atoms with E-state index in [0.29, 0.717) is 0 Å². The van der Waals surface area contributed by atoms with Crippen LogP contribution >= 0.6 is 0 Å². The van der Waals surface area contributed by atoms with Crippen LogP contribution in [-0.4, -0.2) is 12.4 Å². The van der Waals surface area contributed by atoms with Crippen molar-refractivity contribution in [1.82, 2.24) is 5.43 Å². The Hall–Kier alpha value is -0.670. The molecule has 0 saturated heterocycles. The number of hydrogen-bond donors (Lipinski definition) is 2. The first-order valence-corrected chi connectivity index (χ1v) is 2.58. The van der Waals surface area contributed by atoms with Crippen LogP contribution in [0.15, 0.2) is 17.1 Å². The maximum Gasteiger partial charge on any atom is 0.130 e. The zero-order valence-corrected chi connectivity index (χ0v) is 4.54. The van der Waals surface area contributed by atoms with E-state index >= 15 is 0 Å². The van der Waals surface area contributed by atoms with Crippen molar-refractivity contribution in [2.24, 2.45) is 10.8 Å². The van der Waals surface area contributed by atoms with Gasteiger partial charge in [0.1, 0.15) is 6.17 Å². The molecule has 0 aliphatic carbocycles. The van der Waals surface area contributed by atoms with E-state index in [9.17, 15) is 0 Å². The minimum absolute atomic E-state index is 0.00347. The van der Waals surface area contributed by atoms with Gasteiger partial charge in [0.05, 0.1) is 0 Å². The lowest BCUT2D eigenvalue weighted by atomic mass is 10.3. The van der Waals surface area contributed by atoms with Gasteiger partial charge in [-0.15, -0.1) is 0 Å². The van der Waals surface area contributed by atoms with Gasteiger partial charge < -0.3 is 0 Å². The molecule has 0 fully saturated rings. The summed E-state index contributed by atoms with van der Waals surface area (Å²) in [5, 5.41) is 0. The lowest BCUT2D eigenvalue weighted by Gasteiger charge is -2.06. The zero-order valence-electron chi connectivity index (χ0n) is 4.54. The lowest BCUT2D eigenvalue weighted by Crippen LogP contribution is -2.32. The quantitative estimate of drug-likeness (QED) is 0.280. The van der Waals surface area contributed by atoms with E-state index in [0.717, 1.165) is 6.42 Å². The molecule has 0 aromatic heterocycles. The average Bonchev–Trinajstić information content (AvgIpc) is 1.90. The topological polar surface area (TPSA) is 50.4 Å². The molecule has 0 amide bonds.